The first kappa shape index (κ1) is 12.5. The summed E-state index contributed by atoms with van der Waals surface area (Å²) in [6.45, 7) is 3.69. The number of benzene rings is 2. The van der Waals surface area contributed by atoms with Crippen molar-refractivity contribution in [1.29, 1.82) is 0 Å². The Bertz CT molecular complexity index is 849. The molecule has 0 spiro atoms. The number of nitro benzene ring substituents is 1. The van der Waals surface area contributed by atoms with Gasteiger partial charge < -0.3 is 10.1 Å². The van der Waals surface area contributed by atoms with E-state index < -0.39 is 4.92 Å². The number of hydrogen-bond donors (Lipinski definition) is 2. The van der Waals surface area contributed by atoms with Crippen molar-refractivity contribution in [1.82, 2.24) is 4.98 Å². The van der Waals surface area contributed by atoms with E-state index in [0.29, 0.717) is 17.4 Å². The zero-order chi connectivity index (χ0) is 14.4. The van der Waals surface area contributed by atoms with Crippen LogP contribution in [0.2, 0.25) is 0 Å². The number of aryl methyl sites for hydroxylation is 1. The molecule has 0 amide bonds. The van der Waals surface area contributed by atoms with Crippen LogP contribution in [-0.4, -0.2) is 15.0 Å². The third-order valence-corrected chi connectivity index (χ3v) is 3.81. The normalized spacial score (nSPS) is 11.3. The Hall–Kier alpha value is -2.56. The molecule has 0 saturated carbocycles. The molecule has 0 fully saturated rings. The van der Waals surface area contributed by atoms with Gasteiger partial charge in [-0.05, 0) is 25.0 Å². The lowest BCUT2D eigenvalue weighted by Crippen LogP contribution is -1.96. The number of fused-ring (bicyclic) bond motifs is 3. The van der Waals surface area contributed by atoms with Crippen LogP contribution < -0.4 is 0 Å². The quantitative estimate of drug-likeness (QED) is 0.549. The van der Waals surface area contributed by atoms with E-state index in [4.69, 9.17) is 0 Å². The predicted molar refractivity (Wildman–Crippen MR) is 78.2 cm³/mol. The third kappa shape index (κ3) is 1.49. The van der Waals surface area contributed by atoms with Gasteiger partial charge in [0.1, 0.15) is 0 Å². The number of rotatable bonds is 2. The van der Waals surface area contributed by atoms with E-state index in [1.54, 1.807) is 6.92 Å². The van der Waals surface area contributed by atoms with Crippen molar-refractivity contribution < 1.29 is 10.0 Å². The zero-order valence-corrected chi connectivity index (χ0v) is 11.2. The highest BCUT2D eigenvalue weighted by Crippen LogP contribution is 2.43. The summed E-state index contributed by atoms with van der Waals surface area (Å²) in [6.07, 6.45) is 0.695. The smallest absolute Gasteiger partial charge is 0.320 e. The number of phenolic OH excluding ortho intramolecular Hbond substituents is 1. The maximum atomic E-state index is 11.4. The highest BCUT2D eigenvalue weighted by Gasteiger charge is 2.26. The lowest BCUT2D eigenvalue weighted by atomic mass is 9.99. The van der Waals surface area contributed by atoms with Gasteiger partial charge in [-0.15, -0.1) is 0 Å². The molecule has 0 aliphatic rings. The van der Waals surface area contributed by atoms with Crippen LogP contribution in [0.5, 0.6) is 5.75 Å². The molecule has 1 heterocycles. The minimum Gasteiger partial charge on any atom is -0.502 e. The van der Waals surface area contributed by atoms with Crippen molar-refractivity contribution >= 4 is 27.5 Å². The highest BCUT2D eigenvalue weighted by atomic mass is 16.6. The number of H-pyrrole nitrogens is 1. The molecule has 0 aliphatic carbocycles. The van der Waals surface area contributed by atoms with Crippen molar-refractivity contribution in [3.05, 3.63) is 45.5 Å². The van der Waals surface area contributed by atoms with E-state index in [1.165, 1.54) is 0 Å². The van der Waals surface area contributed by atoms with Gasteiger partial charge >= 0.3 is 5.69 Å². The highest BCUT2D eigenvalue weighted by molar-refractivity contribution is 6.14. The molecule has 0 bridgehead atoms. The monoisotopic (exact) mass is 270 g/mol. The Kier molecular flexibility index (Phi) is 2.64. The number of aromatic nitrogens is 1. The summed E-state index contributed by atoms with van der Waals surface area (Å²) in [5.41, 5.74) is 2.85. The Morgan fingerprint density at radius 3 is 2.70 bits per heavy atom. The van der Waals surface area contributed by atoms with Crippen LogP contribution >= 0.6 is 0 Å². The van der Waals surface area contributed by atoms with Crippen LogP contribution in [0.25, 0.3) is 21.8 Å². The number of nitrogens with one attached hydrogen (secondary N) is 1. The molecule has 5 nitrogen and oxygen atoms in total. The molecule has 0 radical (unpaired) electrons. The van der Waals surface area contributed by atoms with Crippen LogP contribution in [0, 0.1) is 17.0 Å². The Morgan fingerprint density at radius 2 is 2.05 bits per heavy atom. The fourth-order valence-corrected chi connectivity index (χ4v) is 2.86. The van der Waals surface area contributed by atoms with Crippen molar-refractivity contribution in [3.63, 3.8) is 0 Å². The third-order valence-electron chi connectivity index (χ3n) is 3.81. The molecule has 3 aromatic rings. The molecule has 0 atom stereocenters. The van der Waals surface area contributed by atoms with Gasteiger partial charge in [-0.3, -0.25) is 10.1 Å². The maximum absolute atomic E-state index is 11.4. The van der Waals surface area contributed by atoms with E-state index in [1.807, 2.05) is 31.2 Å². The summed E-state index contributed by atoms with van der Waals surface area (Å²) in [6, 6.07) is 7.42. The predicted octanol–water partition coefficient (Wildman–Crippen LogP) is 3.81. The van der Waals surface area contributed by atoms with Crippen LogP contribution in [0.1, 0.15) is 18.1 Å². The summed E-state index contributed by atoms with van der Waals surface area (Å²) in [5.74, 6) is -0.232. The van der Waals surface area contributed by atoms with Crippen LogP contribution in [0.15, 0.2) is 24.3 Å². The Labute approximate surface area is 115 Å². The van der Waals surface area contributed by atoms with Crippen molar-refractivity contribution in [2.45, 2.75) is 20.3 Å². The van der Waals surface area contributed by atoms with Gasteiger partial charge in [-0.1, -0.05) is 25.1 Å². The van der Waals surface area contributed by atoms with Crippen LogP contribution in [-0.2, 0) is 6.42 Å². The molecule has 102 valence electrons. The summed E-state index contributed by atoms with van der Waals surface area (Å²) in [7, 11) is 0. The molecule has 2 aromatic carbocycles. The number of aromatic amines is 1. The van der Waals surface area contributed by atoms with Crippen LogP contribution in [0.4, 0.5) is 5.69 Å². The number of nitrogens with zero attached hydrogens (tertiary/aromatic N) is 1. The molecule has 0 aliphatic heterocycles. The van der Waals surface area contributed by atoms with E-state index in [9.17, 15) is 15.2 Å². The molecular formula is C15H14N2O3. The van der Waals surface area contributed by atoms with E-state index in [-0.39, 0.29) is 11.4 Å². The maximum Gasteiger partial charge on any atom is 0.320 e. The minimum atomic E-state index is -0.510. The minimum absolute atomic E-state index is 0.216. The summed E-state index contributed by atoms with van der Waals surface area (Å²) in [5, 5.41) is 22.8. The van der Waals surface area contributed by atoms with E-state index in [0.717, 1.165) is 22.0 Å². The zero-order valence-electron chi connectivity index (χ0n) is 11.2. The summed E-state index contributed by atoms with van der Waals surface area (Å²) >= 11 is 0. The molecule has 3 rings (SSSR count). The fraction of sp³-hybridized carbons (Fsp3) is 0.200. The van der Waals surface area contributed by atoms with Gasteiger partial charge in [0.05, 0.1) is 15.8 Å². The van der Waals surface area contributed by atoms with Gasteiger partial charge in [0.25, 0.3) is 0 Å². The Morgan fingerprint density at radius 1 is 1.35 bits per heavy atom. The second-order valence-electron chi connectivity index (χ2n) is 4.83. The van der Waals surface area contributed by atoms with Crippen molar-refractivity contribution in [2.75, 3.05) is 0 Å². The SMILES string of the molecule is CCc1c(C)c(O)c([N+](=O)[O-])c2c1[nH]c1ccccc12. The number of hydrogen-bond acceptors (Lipinski definition) is 3. The second-order valence-corrected chi connectivity index (χ2v) is 4.83. The number of phenols is 1. The van der Waals surface area contributed by atoms with Gasteiger partial charge in [0.2, 0.25) is 0 Å². The van der Waals surface area contributed by atoms with Gasteiger partial charge in [0.15, 0.2) is 5.75 Å². The van der Waals surface area contributed by atoms with Crippen molar-refractivity contribution in [2.24, 2.45) is 0 Å². The van der Waals surface area contributed by atoms with Gasteiger partial charge in [-0.25, -0.2) is 0 Å². The number of aromatic hydroxyl groups is 1. The topological polar surface area (TPSA) is 79.2 Å². The molecule has 20 heavy (non-hydrogen) atoms. The first-order valence-corrected chi connectivity index (χ1v) is 6.45. The molecule has 0 unspecified atom stereocenters. The summed E-state index contributed by atoms with van der Waals surface area (Å²) in [4.78, 5) is 14.1. The lowest BCUT2D eigenvalue weighted by Gasteiger charge is -2.08. The lowest BCUT2D eigenvalue weighted by molar-refractivity contribution is -0.384. The number of nitro groups is 1. The number of para-hydroxylation sites is 1. The average Bonchev–Trinajstić information content (AvgIpc) is 2.79. The van der Waals surface area contributed by atoms with Gasteiger partial charge in [-0.2, -0.15) is 0 Å². The Balaban J connectivity index is 2.66. The van der Waals surface area contributed by atoms with Crippen LogP contribution in [0.3, 0.4) is 0 Å². The average molecular weight is 270 g/mol. The van der Waals surface area contributed by atoms with E-state index in [2.05, 4.69) is 4.98 Å². The van der Waals surface area contributed by atoms with E-state index >= 15 is 0 Å². The van der Waals surface area contributed by atoms with Gasteiger partial charge in [0, 0.05) is 16.5 Å². The standard InChI is InChI=1S/C15H14N2O3/c1-3-9-8(2)15(18)14(17(19)20)12-10-6-4-5-7-11(10)16-13(9)12/h4-7,16,18H,3H2,1-2H3. The molecule has 1 aromatic heterocycles. The first-order chi connectivity index (χ1) is 9.56. The molecule has 5 heteroatoms. The van der Waals surface area contributed by atoms with Crippen molar-refractivity contribution in [3.8, 4) is 5.75 Å². The summed E-state index contributed by atoms with van der Waals surface area (Å²) < 4.78 is 0. The fourth-order valence-electron chi connectivity index (χ4n) is 2.86. The first-order valence-electron chi connectivity index (χ1n) is 6.45. The molecule has 2 N–H and O–H groups in total. The molecular weight excluding hydrogens is 256 g/mol. The second kappa shape index (κ2) is 4.23. The molecule has 0 saturated heterocycles. The largest absolute Gasteiger partial charge is 0.502 e.